The summed E-state index contributed by atoms with van der Waals surface area (Å²) < 4.78 is 79.1. The molecular formula is C23H20F6N4O4. The molecule has 3 rings (SSSR count). The Hall–Kier alpha value is -3.94. The van der Waals surface area contributed by atoms with Crippen molar-refractivity contribution in [2.24, 2.45) is 0 Å². The van der Waals surface area contributed by atoms with Gasteiger partial charge in [-0.1, -0.05) is 12.1 Å². The number of hydrogen-bond acceptors (Lipinski definition) is 5. The van der Waals surface area contributed by atoms with Crippen molar-refractivity contribution in [1.29, 1.82) is 0 Å². The number of carbonyl (C=O) groups is 2. The van der Waals surface area contributed by atoms with Crippen molar-refractivity contribution in [3.8, 4) is 0 Å². The van der Waals surface area contributed by atoms with E-state index in [0.29, 0.717) is 29.2 Å². The number of aliphatic hydroxyl groups is 1. The molecule has 3 aromatic rings. The molecule has 1 aromatic heterocycles. The molecule has 0 unspecified atom stereocenters. The monoisotopic (exact) mass is 530 g/mol. The van der Waals surface area contributed by atoms with E-state index in [-0.39, 0.29) is 11.1 Å². The first kappa shape index (κ1) is 27.6. The fraction of sp³-hybridized carbons (Fsp3) is 0.304. The SMILES string of the molecule is C[C@@H](N(CC(=O)O)C(=O)c1ccc(C(F)(F)F)cc1)[C@](O)(Cn1cncn1)c1ccc(C(F)(F)F)cc1. The Balaban J connectivity index is 2.05. The molecule has 0 radical (unpaired) electrons. The molecular weight excluding hydrogens is 510 g/mol. The smallest absolute Gasteiger partial charge is 0.416 e. The van der Waals surface area contributed by atoms with E-state index in [1.807, 2.05) is 0 Å². The molecule has 2 atom stereocenters. The maximum Gasteiger partial charge on any atom is 0.416 e. The van der Waals surface area contributed by atoms with Gasteiger partial charge in [-0.05, 0) is 48.9 Å². The molecule has 14 heteroatoms. The van der Waals surface area contributed by atoms with Crippen molar-refractivity contribution in [2.75, 3.05) is 6.54 Å². The second-order valence-electron chi connectivity index (χ2n) is 8.17. The van der Waals surface area contributed by atoms with Crippen LogP contribution < -0.4 is 0 Å². The number of benzene rings is 2. The summed E-state index contributed by atoms with van der Waals surface area (Å²) in [4.78, 5) is 29.3. The van der Waals surface area contributed by atoms with Gasteiger partial charge >= 0.3 is 18.3 Å². The zero-order valence-electron chi connectivity index (χ0n) is 19.0. The Labute approximate surface area is 205 Å². The standard InChI is InChI=1S/C23H20F6N4O4/c1-14(33(10-19(34)35)20(36)15-2-4-17(5-3-15)22(24,25)26)21(37,11-32-13-30-12-31-32)16-6-8-18(9-7-16)23(27,28)29/h2-9,12-14,37H,10-11H2,1H3,(H,34,35)/t14-,21-/m1/s1. The number of nitrogens with zero attached hydrogens (tertiary/aromatic N) is 4. The molecule has 0 bridgehead atoms. The number of carbonyl (C=O) groups excluding carboxylic acids is 1. The number of alkyl halides is 6. The van der Waals surface area contributed by atoms with Crippen LogP contribution in [-0.4, -0.2) is 54.3 Å². The summed E-state index contributed by atoms with van der Waals surface area (Å²) in [5.74, 6) is -2.52. The maximum atomic E-state index is 13.2. The fourth-order valence-electron chi connectivity index (χ4n) is 3.73. The van der Waals surface area contributed by atoms with E-state index in [9.17, 15) is 46.1 Å². The van der Waals surface area contributed by atoms with Crippen LogP contribution in [0.4, 0.5) is 26.3 Å². The van der Waals surface area contributed by atoms with Gasteiger partial charge in [0.15, 0.2) is 0 Å². The summed E-state index contributed by atoms with van der Waals surface area (Å²) in [5.41, 5.74) is -4.63. The van der Waals surface area contributed by atoms with Gasteiger partial charge in [0.25, 0.3) is 5.91 Å². The van der Waals surface area contributed by atoms with E-state index in [1.165, 1.54) is 13.3 Å². The number of amides is 1. The third kappa shape index (κ3) is 6.25. The minimum atomic E-state index is -4.67. The summed E-state index contributed by atoms with van der Waals surface area (Å²) in [6.45, 7) is -0.156. The van der Waals surface area contributed by atoms with E-state index < -0.39 is 60.1 Å². The van der Waals surface area contributed by atoms with Gasteiger partial charge in [0, 0.05) is 5.56 Å². The highest BCUT2D eigenvalue weighted by molar-refractivity contribution is 5.96. The van der Waals surface area contributed by atoms with Crippen LogP contribution in [0.1, 0.15) is 34.0 Å². The molecule has 1 heterocycles. The molecule has 2 N–H and O–H groups in total. The number of rotatable bonds is 8. The Kier molecular flexibility index (Phi) is 7.62. The van der Waals surface area contributed by atoms with Gasteiger partial charge in [0.05, 0.1) is 23.7 Å². The summed E-state index contributed by atoms with van der Waals surface area (Å²) in [6, 6.07) is 5.00. The zero-order valence-corrected chi connectivity index (χ0v) is 19.0. The first-order valence-electron chi connectivity index (χ1n) is 10.6. The third-order valence-corrected chi connectivity index (χ3v) is 5.77. The van der Waals surface area contributed by atoms with Crippen molar-refractivity contribution < 1.29 is 46.1 Å². The normalized spacial score (nSPS) is 14.6. The lowest BCUT2D eigenvalue weighted by Gasteiger charge is -2.41. The number of carboxylic acid groups (broad SMARTS) is 1. The summed E-state index contributed by atoms with van der Waals surface area (Å²) in [5, 5.41) is 25.0. The minimum Gasteiger partial charge on any atom is -0.480 e. The van der Waals surface area contributed by atoms with Crippen LogP contribution in [0, 0.1) is 0 Å². The van der Waals surface area contributed by atoms with E-state index in [1.54, 1.807) is 0 Å². The van der Waals surface area contributed by atoms with Crippen LogP contribution in [0.2, 0.25) is 0 Å². The summed E-state index contributed by atoms with van der Waals surface area (Å²) >= 11 is 0. The van der Waals surface area contributed by atoms with Crippen molar-refractivity contribution in [2.45, 2.75) is 37.5 Å². The molecule has 198 valence electrons. The van der Waals surface area contributed by atoms with Gasteiger partial charge in [0.1, 0.15) is 24.8 Å². The number of hydrogen-bond donors (Lipinski definition) is 2. The zero-order chi connectivity index (χ0) is 27.6. The topological polar surface area (TPSA) is 109 Å². The molecule has 37 heavy (non-hydrogen) atoms. The molecule has 0 aliphatic carbocycles. The van der Waals surface area contributed by atoms with E-state index in [4.69, 9.17) is 0 Å². The lowest BCUT2D eigenvalue weighted by Crippen LogP contribution is -2.55. The van der Waals surface area contributed by atoms with Crippen molar-refractivity contribution in [3.63, 3.8) is 0 Å². The molecule has 0 saturated heterocycles. The molecule has 1 amide bonds. The largest absolute Gasteiger partial charge is 0.480 e. The van der Waals surface area contributed by atoms with Crippen LogP contribution in [-0.2, 0) is 29.3 Å². The average Bonchev–Trinajstić information content (AvgIpc) is 3.33. The summed E-state index contributed by atoms with van der Waals surface area (Å²) in [6.07, 6.45) is -7.01. The van der Waals surface area contributed by atoms with E-state index in [0.717, 1.165) is 35.3 Å². The predicted molar refractivity (Wildman–Crippen MR) is 115 cm³/mol. The quantitative estimate of drug-likeness (QED) is 0.429. The van der Waals surface area contributed by atoms with Crippen LogP contribution in [0.25, 0.3) is 0 Å². The molecule has 0 spiro atoms. The van der Waals surface area contributed by atoms with Crippen LogP contribution in [0.5, 0.6) is 0 Å². The second kappa shape index (κ2) is 10.2. The van der Waals surface area contributed by atoms with Crippen molar-refractivity contribution in [3.05, 3.63) is 83.4 Å². The number of halogens is 6. The van der Waals surface area contributed by atoms with Gasteiger partial charge in [-0.2, -0.15) is 31.4 Å². The number of aliphatic carboxylic acids is 1. The third-order valence-electron chi connectivity index (χ3n) is 5.77. The highest BCUT2D eigenvalue weighted by Gasteiger charge is 2.43. The number of aromatic nitrogens is 3. The van der Waals surface area contributed by atoms with Gasteiger partial charge < -0.3 is 15.1 Å². The summed E-state index contributed by atoms with van der Waals surface area (Å²) in [7, 11) is 0. The predicted octanol–water partition coefficient (Wildman–Crippen LogP) is 3.82. The average molecular weight is 530 g/mol. The van der Waals surface area contributed by atoms with Gasteiger partial charge in [0.2, 0.25) is 0 Å². The molecule has 0 aliphatic heterocycles. The lowest BCUT2D eigenvalue weighted by atomic mass is 9.85. The molecule has 0 saturated carbocycles. The number of carboxylic acids is 1. The van der Waals surface area contributed by atoms with Crippen molar-refractivity contribution >= 4 is 11.9 Å². The van der Waals surface area contributed by atoms with Gasteiger partial charge in [-0.25, -0.2) is 9.67 Å². The molecule has 2 aromatic carbocycles. The molecule has 0 fully saturated rings. The first-order chi connectivity index (χ1) is 17.1. The van der Waals surface area contributed by atoms with Gasteiger partial charge in [-0.3, -0.25) is 9.59 Å². The minimum absolute atomic E-state index is 0.0980. The Morgan fingerprint density at radius 2 is 1.41 bits per heavy atom. The second-order valence-corrected chi connectivity index (χ2v) is 8.17. The maximum absolute atomic E-state index is 13.2. The van der Waals surface area contributed by atoms with E-state index in [2.05, 4.69) is 10.1 Å². The van der Waals surface area contributed by atoms with Crippen molar-refractivity contribution in [1.82, 2.24) is 19.7 Å². The first-order valence-corrected chi connectivity index (χ1v) is 10.6. The Bertz CT molecular complexity index is 1230. The van der Waals surface area contributed by atoms with E-state index >= 15 is 0 Å². The lowest BCUT2D eigenvalue weighted by molar-refractivity contribution is -0.140. The molecule has 0 aliphatic rings. The Morgan fingerprint density at radius 3 is 1.84 bits per heavy atom. The van der Waals surface area contributed by atoms with Gasteiger partial charge in [-0.15, -0.1) is 0 Å². The highest BCUT2D eigenvalue weighted by Crippen LogP contribution is 2.35. The fourth-order valence-corrected chi connectivity index (χ4v) is 3.73. The Morgan fingerprint density at radius 1 is 0.919 bits per heavy atom. The highest BCUT2D eigenvalue weighted by atomic mass is 19.4. The van der Waals surface area contributed by atoms with Crippen LogP contribution in [0.3, 0.4) is 0 Å². The molecule has 8 nitrogen and oxygen atoms in total. The van der Waals surface area contributed by atoms with Crippen LogP contribution >= 0.6 is 0 Å². The van der Waals surface area contributed by atoms with Crippen LogP contribution in [0.15, 0.2) is 61.2 Å².